The third-order valence-corrected chi connectivity index (χ3v) is 4.44. The lowest BCUT2D eigenvalue weighted by Gasteiger charge is -2.38. The summed E-state index contributed by atoms with van der Waals surface area (Å²) in [4.78, 5) is 2.44. The van der Waals surface area contributed by atoms with Crippen molar-refractivity contribution in [2.75, 3.05) is 13.1 Å². The van der Waals surface area contributed by atoms with Gasteiger partial charge in [-0.15, -0.1) is 0 Å². The van der Waals surface area contributed by atoms with Crippen LogP contribution in [-0.4, -0.2) is 29.1 Å². The van der Waals surface area contributed by atoms with E-state index in [-0.39, 0.29) is 6.10 Å². The summed E-state index contributed by atoms with van der Waals surface area (Å²) < 4.78 is 0. The van der Waals surface area contributed by atoms with E-state index in [0.29, 0.717) is 6.04 Å². The lowest BCUT2D eigenvalue weighted by molar-refractivity contribution is 0.0565. The molecule has 0 radical (unpaired) electrons. The van der Waals surface area contributed by atoms with Crippen LogP contribution in [0.2, 0.25) is 0 Å². The van der Waals surface area contributed by atoms with Crippen molar-refractivity contribution in [1.82, 2.24) is 4.90 Å². The van der Waals surface area contributed by atoms with E-state index in [2.05, 4.69) is 50.8 Å². The third-order valence-electron chi connectivity index (χ3n) is 4.44. The summed E-state index contributed by atoms with van der Waals surface area (Å²) in [5.41, 5.74) is 3.54. The SMILES string of the molecule is Cc1ccc(C(O)CN2CC(C)CCC2C)c(C)c1. The van der Waals surface area contributed by atoms with Gasteiger partial charge in [0.15, 0.2) is 0 Å². The standard InChI is InChI=1S/C17H27NO/c1-12-6-8-16(14(3)9-12)17(19)11-18-10-13(2)5-7-15(18)4/h6,8-9,13,15,17,19H,5,7,10-11H2,1-4H3. The fourth-order valence-electron chi connectivity index (χ4n) is 3.15. The van der Waals surface area contributed by atoms with Gasteiger partial charge in [0.1, 0.15) is 0 Å². The molecule has 3 atom stereocenters. The molecule has 1 N–H and O–H groups in total. The summed E-state index contributed by atoms with van der Waals surface area (Å²) in [6.07, 6.45) is 2.20. The van der Waals surface area contributed by atoms with Crippen LogP contribution in [0.3, 0.4) is 0 Å². The predicted molar refractivity (Wildman–Crippen MR) is 80.3 cm³/mol. The molecule has 1 heterocycles. The van der Waals surface area contributed by atoms with Crippen molar-refractivity contribution >= 4 is 0 Å². The highest BCUT2D eigenvalue weighted by Crippen LogP contribution is 2.25. The predicted octanol–water partition coefficient (Wildman–Crippen LogP) is 3.46. The van der Waals surface area contributed by atoms with Crippen molar-refractivity contribution < 1.29 is 5.11 Å². The molecule has 1 aromatic carbocycles. The minimum absolute atomic E-state index is 0.367. The van der Waals surface area contributed by atoms with Gasteiger partial charge < -0.3 is 5.11 Å². The van der Waals surface area contributed by atoms with E-state index in [1.807, 2.05) is 0 Å². The van der Waals surface area contributed by atoms with Gasteiger partial charge in [-0.1, -0.05) is 30.7 Å². The van der Waals surface area contributed by atoms with Crippen molar-refractivity contribution in [1.29, 1.82) is 0 Å². The zero-order valence-electron chi connectivity index (χ0n) is 12.7. The molecule has 2 nitrogen and oxygen atoms in total. The Morgan fingerprint density at radius 2 is 2.00 bits per heavy atom. The van der Waals surface area contributed by atoms with Gasteiger partial charge in [-0.3, -0.25) is 4.90 Å². The van der Waals surface area contributed by atoms with Crippen molar-refractivity contribution in [3.8, 4) is 0 Å². The van der Waals surface area contributed by atoms with Crippen molar-refractivity contribution in [3.63, 3.8) is 0 Å². The van der Waals surface area contributed by atoms with E-state index in [0.717, 1.165) is 24.6 Å². The van der Waals surface area contributed by atoms with Crippen molar-refractivity contribution in [2.45, 2.75) is 52.7 Å². The summed E-state index contributed by atoms with van der Waals surface area (Å²) >= 11 is 0. The Hall–Kier alpha value is -0.860. The van der Waals surface area contributed by atoms with Crippen LogP contribution in [0.5, 0.6) is 0 Å². The first-order valence-electron chi connectivity index (χ1n) is 7.46. The summed E-state index contributed by atoms with van der Waals surface area (Å²) in [5.74, 6) is 0.752. The zero-order valence-corrected chi connectivity index (χ0v) is 12.7. The topological polar surface area (TPSA) is 23.5 Å². The van der Waals surface area contributed by atoms with E-state index in [9.17, 15) is 5.11 Å². The van der Waals surface area contributed by atoms with Crippen molar-refractivity contribution in [3.05, 3.63) is 34.9 Å². The maximum Gasteiger partial charge on any atom is 0.0919 e. The second kappa shape index (κ2) is 6.06. The Kier molecular flexibility index (Phi) is 4.64. The first-order valence-corrected chi connectivity index (χ1v) is 7.46. The molecular formula is C17H27NO. The van der Waals surface area contributed by atoms with Gasteiger partial charge >= 0.3 is 0 Å². The summed E-state index contributed by atoms with van der Waals surface area (Å²) in [6, 6.07) is 6.92. The average molecular weight is 261 g/mol. The van der Waals surface area contributed by atoms with Crippen LogP contribution < -0.4 is 0 Å². The molecule has 0 aliphatic carbocycles. The van der Waals surface area contributed by atoms with Crippen LogP contribution in [0, 0.1) is 19.8 Å². The van der Waals surface area contributed by atoms with E-state index in [4.69, 9.17) is 0 Å². The largest absolute Gasteiger partial charge is 0.387 e. The van der Waals surface area contributed by atoms with Crippen molar-refractivity contribution in [2.24, 2.45) is 5.92 Å². The molecule has 0 saturated carbocycles. The van der Waals surface area contributed by atoms with Crippen LogP contribution >= 0.6 is 0 Å². The highest BCUT2D eigenvalue weighted by Gasteiger charge is 2.25. The number of aryl methyl sites for hydroxylation is 2. The Labute approximate surface area is 117 Å². The van der Waals surface area contributed by atoms with Crippen LogP contribution in [-0.2, 0) is 0 Å². The van der Waals surface area contributed by atoms with Gasteiger partial charge in [-0.2, -0.15) is 0 Å². The van der Waals surface area contributed by atoms with E-state index >= 15 is 0 Å². The monoisotopic (exact) mass is 261 g/mol. The van der Waals surface area contributed by atoms with Gasteiger partial charge in [-0.25, -0.2) is 0 Å². The number of hydrogen-bond donors (Lipinski definition) is 1. The highest BCUT2D eigenvalue weighted by atomic mass is 16.3. The number of aliphatic hydroxyl groups excluding tert-OH is 1. The molecule has 2 rings (SSSR count). The molecule has 1 aromatic rings. The second-order valence-corrected chi connectivity index (χ2v) is 6.36. The zero-order chi connectivity index (χ0) is 14.0. The first kappa shape index (κ1) is 14.5. The van der Waals surface area contributed by atoms with E-state index in [1.54, 1.807) is 0 Å². The number of nitrogens with zero attached hydrogens (tertiary/aromatic N) is 1. The lowest BCUT2D eigenvalue weighted by atomic mass is 9.93. The molecule has 0 spiro atoms. The smallest absolute Gasteiger partial charge is 0.0919 e. The van der Waals surface area contributed by atoms with Crippen LogP contribution in [0.15, 0.2) is 18.2 Å². The number of rotatable bonds is 3. The molecule has 1 aliphatic rings. The summed E-state index contributed by atoms with van der Waals surface area (Å²) in [6.45, 7) is 10.6. The fraction of sp³-hybridized carbons (Fsp3) is 0.647. The first-order chi connectivity index (χ1) is 8.97. The second-order valence-electron chi connectivity index (χ2n) is 6.36. The molecule has 0 bridgehead atoms. The average Bonchev–Trinajstić information content (AvgIpc) is 2.33. The molecule has 1 aliphatic heterocycles. The third kappa shape index (κ3) is 3.58. The quantitative estimate of drug-likeness (QED) is 0.900. The molecule has 106 valence electrons. The maximum atomic E-state index is 10.5. The van der Waals surface area contributed by atoms with Gasteiger partial charge in [0.2, 0.25) is 0 Å². The molecule has 0 amide bonds. The molecule has 1 fully saturated rings. The maximum absolute atomic E-state index is 10.5. The number of likely N-dealkylation sites (tertiary alicyclic amines) is 1. The minimum Gasteiger partial charge on any atom is -0.387 e. The van der Waals surface area contributed by atoms with Crippen LogP contribution in [0.1, 0.15) is 49.5 Å². The van der Waals surface area contributed by atoms with Gasteiger partial charge in [0.05, 0.1) is 6.10 Å². The number of aliphatic hydroxyl groups is 1. The molecule has 1 saturated heterocycles. The van der Waals surface area contributed by atoms with Gasteiger partial charge in [-0.05, 0) is 50.7 Å². The summed E-state index contributed by atoms with van der Waals surface area (Å²) in [5, 5.41) is 10.5. The number of benzene rings is 1. The minimum atomic E-state index is -0.367. The Morgan fingerprint density at radius 1 is 1.26 bits per heavy atom. The van der Waals surface area contributed by atoms with E-state index in [1.165, 1.54) is 24.0 Å². The molecule has 0 aromatic heterocycles. The Balaban J connectivity index is 2.05. The molecule has 2 heteroatoms. The summed E-state index contributed by atoms with van der Waals surface area (Å²) in [7, 11) is 0. The Bertz CT molecular complexity index is 429. The fourth-order valence-corrected chi connectivity index (χ4v) is 3.15. The van der Waals surface area contributed by atoms with E-state index < -0.39 is 0 Å². The van der Waals surface area contributed by atoms with Gasteiger partial charge in [0.25, 0.3) is 0 Å². The normalized spacial score (nSPS) is 26.4. The van der Waals surface area contributed by atoms with Crippen LogP contribution in [0.25, 0.3) is 0 Å². The Morgan fingerprint density at radius 3 is 2.68 bits per heavy atom. The number of hydrogen-bond acceptors (Lipinski definition) is 2. The molecule has 19 heavy (non-hydrogen) atoms. The van der Waals surface area contributed by atoms with Crippen LogP contribution in [0.4, 0.5) is 0 Å². The number of piperidine rings is 1. The molecule has 3 unspecified atom stereocenters. The van der Waals surface area contributed by atoms with Gasteiger partial charge in [0, 0.05) is 19.1 Å². The highest BCUT2D eigenvalue weighted by molar-refractivity contribution is 5.32. The lowest BCUT2D eigenvalue weighted by Crippen LogP contribution is -2.43. The number of β-amino-alcohol motifs (C(OH)–C–C–N with tert-alkyl or cyclic N) is 1. The molecular weight excluding hydrogens is 234 g/mol.